The van der Waals surface area contributed by atoms with Crippen molar-refractivity contribution < 1.29 is 14.7 Å². The SMILES string of the molecule is O=C(O)c1cc(NC(=O)N2CCCCCCC2)ccc1Br. The van der Waals surface area contributed by atoms with Gasteiger partial charge in [-0.05, 0) is 47.0 Å². The van der Waals surface area contributed by atoms with Crippen LogP contribution in [0, 0.1) is 0 Å². The maximum absolute atomic E-state index is 12.3. The number of carbonyl (C=O) groups excluding carboxylic acids is 1. The quantitative estimate of drug-likeness (QED) is 0.844. The first kappa shape index (κ1) is 15.8. The second kappa shape index (κ2) is 7.45. The van der Waals surface area contributed by atoms with Crippen molar-refractivity contribution in [1.82, 2.24) is 4.90 Å². The highest BCUT2D eigenvalue weighted by molar-refractivity contribution is 9.10. The van der Waals surface area contributed by atoms with Crippen LogP contribution in [0.4, 0.5) is 10.5 Å². The summed E-state index contributed by atoms with van der Waals surface area (Å²) < 4.78 is 0.499. The number of hydrogen-bond donors (Lipinski definition) is 2. The maximum atomic E-state index is 12.3. The highest BCUT2D eigenvalue weighted by atomic mass is 79.9. The maximum Gasteiger partial charge on any atom is 0.336 e. The number of benzene rings is 1. The highest BCUT2D eigenvalue weighted by Gasteiger charge is 2.16. The number of nitrogens with one attached hydrogen (secondary N) is 1. The Kier molecular flexibility index (Phi) is 5.61. The third-order valence-electron chi connectivity index (χ3n) is 3.59. The number of urea groups is 1. The van der Waals surface area contributed by atoms with Crippen LogP contribution in [0.25, 0.3) is 0 Å². The van der Waals surface area contributed by atoms with E-state index in [1.807, 2.05) is 4.90 Å². The van der Waals surface area contributed by atoms with Crippen molar-refractivity contribution in [3.8, 4) is 0 Å². The first-order valence-electron chi connectivity index (χ1n) is 7.16. The second-order valence-electron chi connectivity index (χ2n) is 5.18. The smallest absolute Gasteiger partial charge is 0.336 e. The summed E-state index contributed by atoms with van der Waals surface area (Å²) >= 11 is 3.19. The molecule has 6 heteroatoms. The summed E-state index contributed by atoms with van der Waals surface area (Å²) in [5.74, 6) is -1.02. The first-order chi connectivity index (χ1) is 10.1. The van der Waals surface area contributed by atoms with Crippen LogP contribution >= 0.6 is 15.9 Å². The van der Waals surface area contributed by atoms with Crippen LogP contribution in [0.15, 0.2) is 22.7 Å². The van der Waals surface area contributed by atoms with Gasteiger partial charge in [0.1, 0.15) is 0 Å². The fourth-order valence-electron chi connectivity index (χ4n) is 2.42. The van der Waals surface area contributed by atoms with Crippen LogP contribution in [-0.2, 0) is 0 Å². The van der Waals surface area contributed by atoms with Gasteiger partial charge in [0.05, 0.1) is 5.56 Å². The monoisotopic (exact) mass is 354 g/mol. The number of halogens is 1. The average molecular weight is 355 g/mol. The van der Waals surface area contributed by atoms with Crippen LogP contribution in [0.5, 0.6) is 0 Å². The summed E-state index contributed by atoms with van der Waals surface area (Å²) in [6, 6.07) is 4.63. The molecular weight excluding hydrogens is 336 g/mol. The van der Waals surface area contributed by atoms with Gasteiger partial charge in [0, 0.05) is 23.2 Å². The van der Waals surface area contributed by atoms with Gasteiger partial charge in [-0.15, -0.1) is 0 Å². The molecule has 1 fully saturated rings. The lowest BCUT2D eigenvalue weighted by atomic mass is 10.1. The Morgan fingerprint density at radius 1 is 1.10 bits per heavy atom. The molecule has 0 unspecified atom stereocenters. The number of aromatic carboxylic acids is 1. The predicted molar refractivity (Wildman–Crippen MR) is 84.8 cm³/mol. The topological polar surface area (TPSA) is 69.6 Å². The number of anilines is 1. The molecular formula is C15H19BrN2O3. The van der Waals surface area contributed by atoms with E-state index in [9.17, 15) is 9.59 Å². The Balaban J connectivity index is 2.04. The summed E-state index contributed by atoms with van der Waals surface area (Å²) in [5.41, 5.74) is 0.642. The van der Waals surface area contributed by atoms with Crippen molar-refractivity contribution >= 4 is 33.6 Å². The second-order valence-corrected chi connectivity index (χ2v) is 6.04. The van der Waals surface area contributed by atoms with Crippen LogP contribution in [0.1, 0.15) is 42.5 Å². The van der Waals surface area contributed by atoms with Gasteiger partial charge in [0.25, 0.3) is 0 Å². The molecule has 2 amide bonds. The first-order valence-corrected chi connectivity index (χ1v) is 7.96. The number of carbonyl (C=O) groups is 2. The largest absolute Gasteiger partial charge is 0.478 e. The van der Waals surface area contributed by atoms with Gasteiger partial charge < -0.3 is 15.3 Å². The van der Waals surface area contributed by atoms with Crippen molar-refractivity contribution in [2.75, 3.05) is 18.4 Å². The van der Waals surface area contributed by atoms with Gasteiger partial charge >= 0.3 is 12.0 Å². The zero-order chi connectivity index (χ0) is 15.2. The highest BCUT2D eigenvalue weighted by Crippen LogP contribution is 2.21. The molecule has 1 saturated heterocycles. The zero-order valence-electron chi connectivity index (χ0n) is 11.8. The minimum absolute atomic E-state index is 0.139. The van der Waals surface area contributed by atoms with Crippen molar-refractivity contribution in [3.63, 3.8) is 0 Å². The summed E-state index contributed by atoms with van der Waals surface area (Å²) in [5, 5.41) is 11.9. The molecule has 0 radical (unpaired) electrons. The van der Waals surface area contributed by atoms with Crippen LogP contribution in [0.2, 0.25) is 0 Å². The van der Waals surface area contributed by atoms with Crippen molar-refractivity contribution in [3.05, 3.63) is 28.2 Å². The lowest BCUT2D eigenvalue weighted by Crippen LogP contribution is -2.37. The summed E-state index contributed by atoms with van der Waals surface area (Å²) in [6.45, 7) is 1.52. The normalized spacial score (nSPS) is 16.0. The van der Waals surface area contributed by atoms with Crippen LogP contribution in [-0.4, -0.2) is 35.1 Å². The Labute approximate surface area is 132 Å². The van der Waals surface area contributed by atoms with E-state index in [0.29, 0.717) is 10.2 Å². The number of carboxylic acids is 1. The predicted octanol–water partition coefficient (Wildman–Crippen LogP) is 3.95. The Bertz CT molecular complexity index is 526. The van der Waals surface area contributed by atoms with E-state index in [-0.39, 0.29) is 11.6 Å². The van der Waals surface area contributed by atoms with Crippen molar-refractivity contribution in [2.45, 2.75) is 32.1 Å². The zero-order valence-corrected chi connectivity index (χ0v) is 13.4. The van der Waals surface area contributed by atoms with E-state index < -0.39 is 5.97 Å². The van der Waals surface area contributed by atoms with Crippen LogP contribution < -0.4 is 5.32 Å². The number of likely N-dealkylation sites (tertiary alicyclic amines) is 1. The fraction of sp³-hybridized carbons (Fsp3) is 0.467. The molecule has 1 aromatic carbocycles. The van der Waals surface area contributed by atoms with E-state index in [1.54, 1.807) is 12.1 Å². The molecule has 2 N–H and O–H groups in total. The van der Waals surface area contributed by atoms with Crippen LogP contribution in [0.3, 0.4) is 0 Å². The summed E-state index contributed by atoms with van der Waals surface area (Å²) in [7, 11) is 0. The molecule has 2 rings (SSSR count). The standard InChI is InChI=1S/C15H19BrN2O3/c16-13-7-6-11(10-12(13)14(19)20)17-15(21)18-8-4-2-1-3-5-9-18/h6-7,10H,1-5,8-9H2,(H,17,21)(H,19,20). The Morgan fingerprint density at radius 3 is 2.33 bits per heavy atom. The number of amides is 2. The van der Waals surface area contributed by atoms with Gasteiger partial charge in [-0.3, -0.25) is 0 Å². The molecule has 1 heterocycles. The molecule has 21 heavy (non-hydrogen) atoms. The number of hydrogen-bond acceptors (Lipinski definition) is 2. The molecule has 0 aliphatic carbocycles. The third-order valence-corrected chi connectivity index (χ3v) is 4.28. The van der Waals surface area contributed by atoms with Gasteiger partial charge in [0.2, 0.25) is 0 Å². The Hall–Kier alpha value is -1.56. The van der Waals surface area contributed by atoms with E-state index in [2.05, 4.69) is 21.2 Å². The molecule has 1 aliphatic rings. The summed E-state index contributed by atoms with van der Waals surface area (Å²) in [4.78, 5) is 25.2. The lowest BCUT2D eigenvalue weighted by molar-refractivity contribution is 0.0696. The van der Waals surface area contributed by atoms with E-state index in [0.717, 1.165) is 38.8 Å². The van der Waals surface area contributed by atoms with E-state index in [1.165, 1.54) is 12.5 Å². The lowest BCUT2D eigenvalue weighted by Gasteiger charge is -2.25. The number of nitrogens with zero attached hydrogens (tertiary/aromatic N) is 1. The van der Waals surface area contributed by atoms with E-state index >= 15 is 0 Å². The molecule has 114 valence electrons. The van der Waals surface area contributed by atoms with Gasteiger partial charge in [0.15, 0.2) is 0 Å². The molecule has 0 bridgehead atoms. The molecule has 5 nitrogen and oxygen atoms in total. The fourth-order valence-corrected chi connectivity index (χ4v) is 2.84. The number of carboxylic acid groups (broad SMARTS) is 1. The number of rotatable bonds is 2. The Morgan fingerprint density at radius 2 is 1.71 bits per heavy atom. The van der Waals surface area contributed by atoms with Crippen molar-refractivity contribution in [1.29, 1.82) is 0 Å². The molecule has 0 aromatic heterocycles. The third kappa shape index (κ3) is 4.46. The van der Waals surface area contributed by atoms with Gasteiger partial charge in [-0.25, -0.2) is 9.59 Å². The van der Waals surface area contributed by atoms with Crippen molar-refractivity contribution in [2.24, 2.45) is 0 Å². The molecule has 0 atom stereocenters. The molecule has 1 aromatic rings. The molecule has 0 saturated carbocycles. The van der Waals surface area contributed by atoms with Gasteiger partial charge in [-0.1, -0.05) is 19.3 Å². The van der Waals surface area contributed by atoms with Gasteiger partial charge in [-0.2, -0.15) is 0 Å². The summed E-state index contributed by atoms with van der Waals surface area (Å²) in [6.07, 6.45) is 5.60. The minimum Gasteiger partial charge on any atom is -0.478 e. The average Bonchev–Trinajstić information content (AvgIpc) is 2.40. The van der Waals surface area contributed by atoms with E-state index in [4.69, 9.17) is 5.11 Å². The molecule has 0 spiro atoms. The molecule has 1 aliphatic heterocycles. The minimum atomic E-state index is -1.02.